The van der Waals surface area contributed by atoms with Crippen molar-refractivity contribution in [3.8, 4) is 11.5 Å². The minimum absolute atomic E-state index is 0.0788. The Kier molecular flexibility index (Phi) is 5.66. The van der Waals surface area contributed by atoms with E-state index in [9.17, 15) is 4.79 Å². The second kappa shape index (κ2) is 7.51. The zero-order valence-electron chi connectivity index (χ0n) is 13.7. The third kappa shape index (κ3) is 4.26. The predicted molar refractivity (Wildman–Crippen MR) is 95.5 cm³/mol. The van der Waals surface area contributed by atoms with E-state index in [-0.39, 0.29) is 12.3 Å². The molecule has 2 rings (SSSR count). The molecule has 0 bridgehead atoms. The average molecular weight is 378 g/mol. The molecule has 5 heteroatoms. The number of aryl methyl sites for hydroxylation is 2. The molecule has 23 heavy (non-hydrogen) atoms. The zero-order valence-corrected chi connectivity index (χ0v) is 15.3. The highest BCUT2D eigenvalue weighted by atomic mass is 79.9. The van der Waals surface area contributed by atoms with Crippen molar-refractivity contribution in [2.75, 3.05) is 19.5 Å². The number of benzene rings is 2. The first-order valence-electron chi connectivity index (χ1n) is 7.22. The maximum atomic E-state index is 12.3. The van der Waals surface area contributed by atoms with E-state index in [1.54, 1.807) is 14.2 Å². The molecule has 0 aliphatic carbocycles. The monoisotopic (exact) mass is 377 g/mol. The van der Waals surface area contributed by atoms with Gasteiger partial charge in [-0.3, -0.25) is 4.79 Å². The number of anilines is 1. The fourth-order valence-corrected chi connectivity index (χ4v) is 2.89. The van der Waals surface area contributed by atoms with E-state index in [1.165, 1.54) is 0 Å². The molecule has 0 aliphatic rings. The van der Waals surface area contributed by atoms with E-state index < -0.39 is 0 Å². The van der Waals surface area contributed by atoms with E-state index in [1.807, 2.05) is 44.2 Å². The van der Waals surface area contributed by atoms with Gasteiger partial charge in [0, 0.05) is 4.47 Å². The molecule has 0 radical (unpaired) electrons. The third-order valence-corrected chi connectivity index (χ3v) is 4.25. The van der Waals surface area contributed by atoms with Gasteiger partial charge in [0.1, 0.15) is 0 Å². The van der Waals surface area contributed by atoms with Gasteiger partial charge in [0.25, 0.3) is 0 Å². The summed E-state index contributed by atoms with van der Waals surface area (Å²) in [5.41, 5.74) is 3.79. The normalized spacial score (nSPS) is 10.3. The van der Waals surface area contributed by atoms with Crippen LogP contribution in [0.3, 0.4) is 0 Å². The fourth-order valence-electron chi connectivity index (χ4n) is 2.30. The van der Waals surface area contributed by atoms with Crippen LogP contribution in [-0.4, -0.2) is 20.1 Å². The summed E-state index contributed by atoms with van der Waals surface area (Å²) in [5, 5.41) is 2.92. The second-order valence-corrected chi connectivity index (χ2v) is 6.20. The minimum Gasteiger partial charge on any atom is -0.493 e. The van der Waals surface area contributed by atoms with Crippen LogP contribution in [0.15, 0.2) is 34.8 Å². The molecule has 0 saturated carbocycles. The van der Waals surface area contributed by atoms with Gasteiger partial charge in [0.05, 0.1) is 26.3 Å². The molecule has 0 aliphatic heterocycles. The van der Waals surface area contributed by atoms with Crippen molar-refractivity contribution < 1.29 is 14.3 Å². The minimum atomic E-state index is -0.0788. The summed E-state index contributed by atoms with van der Waals surface area (Å²) < 4.78 is 11.4. The van der Waals surface area contributed by atoms with Crippen molar-refractivity contribution in [2.24, 2.45) is 0 Å². The summed E-state index contributed by atoms with van der Waals surface area (Å²) >= 11 is 3.47. The highest BCUT2D eigenvalue weighted by molar-refractivity contribution is 9.10. The lowest BCUT2D eigenvalue weighted by molar-refractivity contribution is -0.115. The Hall–Kier alpha value is -2.01. The van der Waals surface area contributed by atoms with E-state index in [0.29, 0.717) is 11.5 Å². The number of rotatable bonds is 5. The van der Waals surface area contributed by atoms with Crippen LogP contribution in [0.25, 0.3) is 0 Å². The molecule has 0 fully saturated rings. The van der Waals surface area contributed by atoms with E-state index >= 15 is 0 Å². The molecule has 0 spiro atoms. The van der Waals surface area contributed by atoms with Crippen molar-refractivity contribution in [1.29, 1.82) is 0 Å². The van der Waals surface area contributed by atoms with Crippen molar-refractivity contribution in [3.05, 3.63) is 51.5 Å². The van der Waals surface area contributed by atoms with Crippen molar-refractivity contribution >= 4 is 27.5 Å². The summed E-state index contributed by atoms with van der Waals surface area (Å²) in [5.74, 6) is 1.21. The molecule has 2 aromatic rings. The molecule has 0 saturated heterocycles. The highest BCUT2D eigenvalue weighted by Crippen LogP contribution is 2.31. The van der Waals surface area contributed by atoms with Gasteiger partial charge in [-0.25, -0.2) is 0 Å². The fraction of sp³-hybridized carbons (Fsp3) is 0.278. The standard InChI is InChI=1S/C18H20BrNO3/c1-11-5-6-15(14(19)7-11)20-18(21)10-13-9-17(23-4)16(22-3)8-12(13)2/h5-9H,10H2,1-4H3,(H,20,21). The highest BCUT2D eigenvalue weighted by Gasteiger charge is 2.13. The van der Waals surface area contributed by atoms with Crippen LogP contribution in [0, 0.1) is 13.8 Å². The number of hydrogen-bond donors (Lipinski definition) is 1. The second-order valence-electron chi connectivity index (χ2n) is 5.34. The average Bonchev–Trinajstić information content (AvgIpc) is 2.51. The Balaban J connectivity index is 2.17. The Morgan fingerprint density at radius 1 is 1.09 bits per heavy atom. The first-order valence-corrected chi connectivity index (χ1v) is 8.01. The summed E-state index contributed by atoms with van der Waals surface area (Å²) in [4.78, 5) is 12.3. The van der Waals surface area contributed by atoms with Crippen LogP contribution in [-0.2, 0) is 11.2 Å². The Morgan fingerprint density at radius 3 is 2.35 bits per heavy atom. The third-order valence-electron chi connectivity index (χ3n) is 3.59. The van der Waals surface area contributed by atoms with Crippen LogP contribution in [0.1, 0.15) is 16.7 Å². The molecule has 0 atom stereocenters. The van der Waals surface area contributed by atoms with Gasteiger partial charge in [-0.05, 0) is 70.7 Å². The Morgan fingerprint density at radius 2 is 1.74 bits per heavy atom. The first kappa shape index (κ1) is 17.3. The molecular formula is C18H20BrNO3. The van der Waals surface area contributed by atoms with E-state index in [0.717, 1.165) is 26.9 Å². The van der Waals surface area contributed by atoms with Crippen molar-refractivity contribution in [1.82, 2.24) is 0 Å². The van der Waals surface area contributed by atoms with E-state index in [4.69, 9.17) is 9.47 Å². The number of hydrogen-bond acceptors (Lipinski definition) is 3. The number of amides is 1. The summed E-state index contributed by atoms with van der Waals surface area (Å²) in [6, 6.07) is 9.54. The number of halogens is 1. The molecule has 0 unspecified atom stereocenters. The van der Waals surface area contributed by atoms with Crippen LogP contribution < -0.4 is 14.8 Å². The maximum Gasteiger partial charge on any atom is 0.228 e. The molecule has 0 aromatic heterocycles. The van der Waals surface area contributed by atoms with Gasteiger partial charge in [-0.2, -0.15) is 0 Å². The van der Waals surface area contributed by atoms with Gasteiger partial charge in [0.2, 0.25) is 5.91 Å². The molecule has 0 heterocycles. The summed E-state index contributed by atoms with van der Waals surface area (Å²) in [7, 11) is 3.18. The lowest BCUT2D eigenvalue weighted by atomic mass is 10.0. The molecule has 4 nitrogen and oxygen atoms in total. The van der Waals surface area contributed by atoms with E-state index in [2.05, 4.69) is 21.2 Å². The molecule has 2 aromatic carbocycles. The van der Waals surface area contributed by atoms with Crippen LogP contribution in [0.5, 0.6) is 11.5 Å². The maximum absolute atomic E-state index is 12.3. The summed E-state index contributed by atoms with van der Waals surface area (Å²) in [6.07, 6.45) is 0.270. The quantitative estimate of drug-likeness (QED) is 0.846. The zero-order chi connectivity index (χ0) is 17.0. The SMILES string of the molecule is COc1cc(C)c(CC(=O)Nc2ccc(C)cc2Br)cc1OC. The molecule has 1 amide bonds. The van der Waals surface area contributed by atoms with Crippen LogP contribution >= 0.6 is 15.9 Å². The lowest BCUT2D eigenvalue weighted by Gasteiger charge is -2.13. The molecular weight excluding hydrogens is 358 g/mol. The molecule has 1 N–H and O–H groups in total. The summed E-state index contributed by atoms with van der Waals surface area (Å²) in [6.45, 7) is 3.95. The van der Waals surface area contributed by atoms with Gasteiger partial charge in [-0.1, -0.05) is 6.07 Å². The number of ether oxygens (including phenoxy) is 2. The number of nitrogens with one attached hydrogen (secondary N) is 1. The van der Waals surface area contributed by atoms with Gasteiger partial charge in [-0.15, -0.1) is 0 Å². The first-order chi connectivity index (χ1) is 10.9. The largest absolute Gasteiger partial charge is 0.493 e. The van der Waals surface area contributed by atoms with Crippen molar-refractivity contribution in [2.45, 2.75) is 20.3 Å². The lowest BCUT2D eigenvalue weighted by Crippen LogP contribution is -2.15. The van der Waals surface area contributed by atoms with Gasteiger partial charge < -0.3 is 14.8 Å². The van der Waals surface area contributed by atoms with Gasteiger partial charge in [0.15, 0.2) is 11.5 Å². The van der Waals surface area contributed by atoms with Gasteiger partial charge >= 0.3 is 0 Å². The van der Waals surface area contributed by atoms with Crippen LogP contribution in [0.4, 0.5) is 5.69 Å². The number of methoxy groups -OCH3 is 2. The number of carbonyl (C=O) groups is 1. The number of carbonyl (C=O) groups excluding carboxylic acids is 1. The Bertz CT molecular complexity index is 728. The molecule has 122 valence electrons. The van der Waals surface area contributed by atoms with Crippen LogP contribution in [0.2, 0.25) is 0 Å². The van der Waals surface area contributed by atoms with Crippen molar-refractivity contribution in [3.63, 3.8) is 0 Å². The Labute approximate surface area is 144 Å². The smallest absolute Gasteiger partial charge is 0.228 e. The topological polar surface area (TPSA) is 47.6 Å². The predicted octanol–water partition coefficient (Wildman–Crippen LogP) is 4.26.